The Bertz CT molecular complexity index is 281. The molecule has 2 rings (SSSR count). The number of guanidine groups is 1. The first-order valence-corrected chi connectivity index (χ1v) is 7.11. The Morgan fingerprint density at radius 2 is 2.00 bits per heavy atom. The van der Waals surface area contributed by atoms with Crippen molar-refractivity contribution in [3.05, 3.63) is 0 Å². The lowest BCUT2D eigenvalue weighted by atomic mass is 9.64. The molecule has 2 fully saturated rings. The third-order valence-electron chi connectivity index (χ3n) is 4.03. The molecule has 0 spiro atoms. The van der Waals surface area contributed by atoms with Gasteiger partial charge in [-0.15, -0.1) is 24.0 Å². The highest BCUT2D eigenvalue weighted by atomic mass is 127. The molecule has 106 valence electrons. The van der Waals surface area contributed by atoms with Crippen LogP contribution < -0.4 is 10.6 Å². The van der Waals surface area contributed by atoms with E-state index in [1.165, 1.54) is 38.5 Å². The number of hydrogen-bond donors (Lipinski definition) is 2. The van der Waals surface area contributed by atoms with Gasteiger partial charge < -0.3 is 10.6 Å². The van der Waals surface area contributed by atoms with Gasteiger partial charge in [0.1, 0.15) is 0 Å². The molecule has 2 aliphatic rings. The summed E-state index contributed by atoms with van der Waals surface area (Å²) in [7, 11) is 1.87. The van der Waals surface area contributed by atoms with Crippen LogP contribution in [0.4, 0.5) is 0 Å². The molecule has 0 radical (unpaired) electrons. The van der Waals surface area contributed by atoms with Crippen molar-refractivity contribution in [1.29, 1.82) is 0 Å². The lowest BCUT2D eigenvalue weighted by Crippen LogP contribution is -2.47. The van der Waals surface area contributed by atoms with E-state index < -0.39 is 0 Å². The summed E-state index contributed by atoms with van der Waals surface area (Å²) >= 11 is 0. The summed E-state index contributed by atoms with van der Waals surface area (Å²) in [6.07, 6.45) is 8.14. The van der Waals surface area contributed by atoms with Crippen LogP contribution in [0.1, 0.15) is 52.4 Å². The van der Waals surface area contributed by atoms with E-state index in [0.717, 1.165) is 18.4 Å². The summed E-state index contributed by atoms with van der Waals surface area (Å²) in [4.78, 5) is 4.30. The molecule has 2 N–H and O–H groups in total. The molecule has 2 saturated carbocycles. The van der Waals surface area contributed by atoms with E-state index in [0.29, 0.717) is 11.5 Å². The molecule has 0 atom stereocenters. The topological polar surface area (TPSA) is 36.4 Å². The van der Waals surface area contributed by atoms with Crippen molar-refractivity contribution >= 4 is 29.9 Å². The molecule has 0 saturated heterocycles. The van der Waals surface area contributed by atoms with Crippen LogP contribution in [0.3, 0.4) is 0 Å². The maximum Gasteiger partial charge on any atom is 0.191 e. The van der Waals surface area contributed by atoms with Crippen molar-refractivity contribution in [1.82, 2.24) is 10.6 Å². The minimum absolute atomic E-state index is 0. The highest BCUT2D eigenvalue weighted by Crippen LogP contribution is 2.45. The molecule has 18 heavy (non-hydrogen) atoms. The van der Waals surface area contributed by atoms with Crippen LogP contribution >= 0.6 is 24.0 Å². The molecule has 3 nitrogen and oxygen atoms in total. The summed E-state index contributed by atoms with van der Waals surface area (Å²) < 4.78 is 0. The van der Waals surface area contributed by atoms with Gasteiger partial charge in [0.05, 0.1) is 0 Å². The van der Waals surface area contributed by atoms with E-state index >= 15 is 0 Å². The predicted octanol–water partition coefficient (Wildman–Crippen LogP) is 3.15. The molecular formula is C14H28IN3. The largest absolute Gasteiger partial charge is 0.356 e. The van der Waals surface area contributed by atoms with Crippen LogP contribution in [-0.4, -0.2) is 25.6 Å². The van der Waals surface area contributed by atoms with Crippen LogP contribution in [0.2, 0.25) is 0 Å². The van der Waals surface area contributed by atoms with Crippen LogP contribution in [0.5, 0.6) is 0 Å². The summed E-state index contributed by atoms with van der Waals surface area (Å²) in [5, 5.41) is 6.98. The molecule has 0 aliphatic heterocycles. The predicted molar refractivity (Wildman–Crippen MR) is 88.7 cm³/mol. The van der Waals surface area contributed by atoms with Crippen LogP contribution in [0.15, 0.2) is 4.99 Å². The highest BCUT2D eigenvalue weighted by molar-refractivity contribution is 14.0. The number of nitrogens with zero attached hydrogens (tertiary/aromatic N) is 1. The zero-order valence-corrected chi connectivity index (χ0v) is 14.3. The number of hydrogen-bond acceptors (Lipinski definition) is 1. The summed E-state index contributed by atoms with van der Waals surface area (Å²) in [6.45, 7) is 5.76. The molecule has 2 aliphatic carbocycles. The van der Waals surface area contributed by atoms with Gasteiger partial charge in [0.2, 0.25) is 0 Å². The van der Waals surface area contributed by atoms with Crippen molar-refractivity contribution in [3.8, 4) is 0 Å². The minimum Gasteiger partial charge on any atom is -0.356 e. The van der Waals surface area contributed by atoms with Crippen molar-refractivity contribution < 1.29 is 0 Å². The lowest BCUT2D eigenvalue weighted by Gasteiger charge is -2.43. The maximum atomic E-state index is 4.30. The molecule has 0 aromatic heterocycles. The second-order valence-corrected chi connectivity index (χ2v) is 6.30. The van der Waals surface area contributed by atoms with E-state index in [1.807, 2.05) is 7.05 Å². The minimum atomic E-state index is 0. The van der Waals surface area contributed by atoms with Gasteiger partial charge in [0, 0.05) is 19.6 Å². The Labute approximate surface area is 129 Å². The zero-order chi connectivity index (χ0) is 12.3. The van der Waals surface area contributed by atoms with Crippen LogP contribution in [0, 0.1) is 11.3 Å². The first kappa shape index (κ1) is 16.1. The molecule has 0 aromatic carbocycles. The zero-order valence-electron chi connectivity index (χ0n) is 12.0. The van der Waals surface area contributed by atoms with Crippen molar-refractivity contribution in [2.75, 3.05) is 13.6 Å². The highest BCUT2D eigenvalue weighted by Gasteiger charge is 2.37. The van der Waals surface area contributed by atoms with Gasteiger partial charge in [-0.2, -0.15) is 0 Å². The quantitative estimate of drug-likeness (QED) is 0.446. The first-order valence-electron chi connectivity index (χ1n) is 7.11. The lowest BCUT2D eigenvalue weighted by molar-refractivity contribution is 0.104. The van der Waals surface area contributed by atoms with Gasteiger partial charge in [-0.3, -0.25) is 4.99 Å². The Hall–Kier alpha value is 0. The van der Waals surface area contributed by atoms with E-state index in [1.54, 1.807) is 0 Å². The number of rotatable bonds is 5. The Kier molecular flexibility index (Phi) is 6.21. The summed E-state index contributed by atoms with van der Waals surface area (Å²) in [6, 6.07) is 0.684. The van der Waals surface area contributed by atoms with Gasteiger partial charge in [0.15, 0.2) is 5.96 Å². The Balaban J connectivity index is 0.00000162. The SMILES string of the molecule is CN=C(NCC1(CC(C)C)CCC1)NC1CC1.I. The van der Waals surface area contributed by atoms with Crippen LogP contribution in [0.25, 0.3) is 0 Å². The van der Waals surface area contributed by atoms with Gasteiger partial charge >= 0.3 is 0 Å². The van der Waals surface area contributed by atoms with E-state index in [4.69, 9.17) is 0 Å². The molecular weight excluding hydrogens is 337 g/mol. The van der Waals surface area contributed by atoms with Gasteiger partial charge in [0.25, 0.3) is 0 Å². The number of nitrogens with one attached hydrogen (secondary N) is 2. The van der Waals surface area contributed by atoms with E-state index in [2.05, 4.69) is 29.5 Å². The molecule has 0 aromatic rings. The van der Waals surface area contributed by atoms with Crippen molar-refractivity contribution in [2.45, 2.75) is 58.4 Å². The first-order chi connectivity index (χ1) is 8.13. The second kappa shape index (κ2) is 6.96. The monoisotopic (exact) mass is 365 g/mol. The Morgan fingerprint density at radius 1 is 1.33 bits per heavy atom. The fraction of sp³-hybridized carbons (Fsp3) is 0.929. The fourth-order valence-corrected chi connectivity index (χ4v) is 2.88. The number of halogens is 1. The van der Waals surface area contributed by atoms with Gasteiger partial charge in [-0.25, -0.2) is 0 Å². The van der Waals surface area contributed by atoms with Crippen LogP contribution in [-0.2, 0) is 0 Å². The summed E-state index contributed by atoms with van der Waals surface area (Å²) in [5.41, 5.74) is 0.551. The maximum absolute atomic E-state index is 4.30. The van der Waals surface area contributed by atoms with Crippen molar-refractivity contribution in [2.24, 2.45) is 16.3 Å². The average molecular weight is 365 g/mol. The van der Waals surface area contributed by atoms with E-state index in [9.17, 15) is 0 Å². The standard InChI is InChI=1S/C14H27N3.HI/c1-11(2)9-14(7-4-8-14)10-16-13(15-3)17-12-5-6-12;/h11-12H,4-10H2,1-3H3,(H2,15,16,17);1H. The third kappa shape index (κ3) is 4.59. The van der Waals surface area contributed by atoms with Gasteiger partial charge in [-0.05, 0) is 43.4 Å². The molecule has 0 unspecified atom stereocenters. The second-order valence-electron chi connectivity index (χ2n) is 6.30. The normalized spacial score (nSPS) is 22.1. The van der Waals surface area contributed by atoms with E-state index in [-0.39, 0.29) is 24.0 Å². The molecule has 0 bridgehead atoms. The smallest absolute Gasteiger partial charge is 0.191 e. The van der Waals surface area contributed by atoms with Crippen molar-refractivity contribution in [3.63, 3.8) is 0 Å². The molecule has 4 heteroatoms. The Morgan fingerprint density at radius 3 is 2.39 bits per heavy atom. The molecule has 0 heterocycles. The molecule has 0 amide bonds. The average Bonchev–Trinajstić information content (AvgIpc) is 3.03. The van der Waals surface area contributed by atoms with Gasteiger partial charge in [-0.1, -0.05) is 20.3 Å². The third-order valence-corrected chi connectivity index (χ3v) is 4.03. The number of aliphatic imine (C=N–C) groups is 1. The summed E-state index contributed by atoms with van der Waals surface area (Å²) in [5.74, 6) is 1.80. The fourth-order valence-electron chi connectivity index (χ4n) is 2.88.